The number of hydrogen-bond donors (Lipinski definition) is 1. The first kappa shape index (κ1) is 18.4. The number of rotatable bonds is 5. The third-order valence-corrected chi connectivity index (χ3v) is 6.61. The van der Waals surface area contributed by atoms with Crippen LogP contribution in [-0.4, -0.2) is 44.8 Å². The molecule has 6 heteroatoms. The maximum absolute atomic E-state index is 12.8. The number of aryl methyl sites for hydroxylation is 1. The van der Waals surface area contributed by atoms with Gasteiger partial charge in [0.05, 0.1) is 11.9 Å². The van der Waals surface area contributed by atoms with Gasteiger partial charge >= 0.3 is 0 Å². The normalized spacial score (nSPS) is 27.7. The maximum Gasteiger partial charge on any atom is 0.271 e. The van der Waals surface area contributed by atoms with E-state index in [4.69, 9.17) is 0 Å². The largest absolute Gasteiger partial charge is 0.348 e. The molecule has 1 aliphatic carbocycles. The number of carbonyl (C=O) groups excluding carboxylic acids is 2. The Morgan fingerprint density at radius 2 is 1.78 bits per heavy atom. The molecule has 2 bridgehead atoms. The Morgan fingerprint density at radius 1 is 1.07 bits per heavy atom. The monoisotopic (exact) mass is 370 g/mol. The van der Waals surface area contributed by atoms with E-state index in [1.165, 1.54) is 31.9 Å². The van der Waals surface area contributed by atoms with Crippen LogP contribution in [0.1, 0.15) is 80.4 Å². The molecule has 0 aromatic carbocycles. The molecule has 1 aromatic heterocycles. The summed E-state index contributed by atoms with van der Waals surface area (Å²) in [5.41, 5.74) is 1.16. The van der Waals surface area contributed by atoms with E-state index in [2.05, 4.69) is 20.2 Å². The van der Waals surface area contributed by atoms with Gasteiger partial charge in [-0.1, -0.05) is 25.7 Å². The Hall–Kier alpha value is -1.98. The van der Waals surface area contributed by atoms with Crippen molar-refractivity contribution in [3.63, 3.8) is 0 Å². The third kappa shape index (κ3) is 4.14. The van der Waals surface area contributed by atoms with Crippen molar-refractivity contribution in [3.8, 4) is 0 Å². The van der Waals surface area contributed by atoms with E-state index in [1.807, 2.05) is 6.92 Å². The number of hydrogen-bond acceptors (Lipinski definition) is 4. The van der Waals surface area contributed by atoms with Crippen LogP contribution < -0.4 is 5.32 Å². The summed E-state index contributed by atoms with van der Waals surface area (Å²) in [7, 11) is 0. The van der Waals surface area contributed by atoms with Gasteiger partial charge < -0.3 is 10.2 Å². The van der Waals surface area contributed by atoms with Crippen LogP contribution in [0.15, 0.2) is 12.4 Å². The molecule has 3 fully saturated rings. The van der Waals surface area contributed by atoms with Gasteiger partial charge in [-0.3, -0.25) is 14.6 Å². The van der Waals surface area contributed by atoms with Gasteiger partial charge in [-0.2, -0.15) is 0 Å². The summed E-state index contributed by atoms with van der Waals surface area (Å²) in [5.74, 6) is 0.940. The van der Waals surface area contributed by atoms with Crippen molar-refractivity contribution in [1.29, 1.82) is 0 Å². The van der Waals surface area contributed by atoms with Crippen LogP contribution in [0.4, 0.5) is 0 Å². The van der Waals surface area contributed by atoms with E-state index in [0.717, 1.165) is 43.7 Å². The Bertz CT molecular complexity index is 670. The first-order chi connectivity index (χ1) is 13.1. The molecule has 2 atom stereocenters. The van der Waals surface area contributed by atoms with Crippen molar-refractivity contribution in [1.82, 2.24) is 20.2 Å². The average molecular weight is 370 g/mol. The molecule has 0 radical (unpaired) electrons. The first-order valence-electron chi connectivity index (χ1n) is 10.5. The minimum absolute atomic E-state index is 0.122. The lowest BCUT2D eigenvalue weighted by molar-refractivity contribution is -0.136. The summed E-state index contributed by atoms with van der Waals surface area (Å²) in [5, 5.41) is 3.11. The molecular formula is C21H30N4O2. The number of aromatic nitrogens is 2. The number of piperidine rings is 1. The molecule has 3 aliphatic rings. The fraction of sp³-hybridized carbons (Fsp3) is 0.714. The van der Waals surface area contributed by atoms with Gasteiger partial charge in [0.1, 0.15) is 5.69 Å². The van der Waals surface area contributed by atoms with Gasteiger partial charge in [0.25, 0.3) is 5.91 Å². The van der Waals surface area contributed by atoms with E-state index in [-0.39, 0.29) is 24.0 Å². The van der Waals surface area contributed by atoms with Crippen molar-refractivity contribution >= 4 is 11.8 Å². The van der Waals surface area contributed by atoms with Gasteiger partial charge in [-0.25, -0.2) is 4.98 Å². The fourth-order valence-electron chi connectivity index (χ4n) is 5.23. The van der Waals surface area contributed by atoms with Crippen molar-refractivity contribution in [2.45, 2.75) is 89.3 Å². The lowest BCUT2D eigenvalue weighted by Crippen LogP contribution is -2.52. The van der Waals surface area contributed by atoms with Crippen molar-refractivity contribution in [3.05, 3.63) is 23.8 Å². The molecule has 2 unspecified atom stereocenters. The highest BCUT2D eigenvalue weighted by molar-refractivity contribution is 5.92. The van der Waals surface area contributed by atoms with Crippen LogP contribution in [0.2, 0.25) is 0 Å². The molecule has 1 N–H and O–H groups in total. The van der Waals surface area contributed by atoms with Crippen LogP contribution in [0.3, 0.4) is 0 Å². The lowest BCUT2D eigenvalue weighted by Gasteiger charge is -2.39. The average Bonchev–Trinajstić information content (AvgIpc) is 3.27. The minimum atomic E-state index is -0.159. The molecule has 146 valence electrons. The molecule has 3 heterocycles. The molecule has 1 saturated carbocycles. The van der Waals surface area contributed by atoms with Gasteiger partial charge in [-0.15, -0.1) is 0 Å². The smallest absolute Gasteiger partial charge is 0.271 e. The zero-order valence-electron chi connectivity index (χ0n) is 16.2. The number of fused-ring (bicyclic) bond motifs is 2. The van der Waals surface area contributed by atoms with Crippen LogP contribution >= 0.6 is 0 Å². The molecule has 2 amide bonds. The van der Waals surface area contributed by atoms with Crippen LogP contribution in [0.25, 0.3) is 0 Å². The number of carbonyl (C=O) groups is 2. The van der Waals surface area contributed by atoms with E-state index in [9.17, 15) is 9.59 Å². The first-order valence-corrected chi connectivity index (χ1v) is 10.5. The van der Waals surface area contributed by atoms with Gasteiger partial charge in [0, 0.05) is 30.7 Å². The molecular weight excluding hydrogens is 340 g/mol. The molecule has 4 rings (SSSR count). The topological polar surface area (TPSA) is 75.2 Å². The molecule has 1 aromatic rings. The van der Waals surface area contributed by atoms with Gasteiger partial charge in [-0.05, 0) is 44.9 Å². The molecule has 2 aliphatic heterocycles. The second-order valence-electron chi connectivity index (χ2n) is 8.56. The number of amides is 2. The predicted molar refractivity (Wildman–Crippen MR) is 102 cm³/mol. The van der Waals surface area contributed by atoms with E-state index < -0.39 is 0 Å². The Balaban J connectivity index is 1.30. The summed E-state index contributed by atoms with van der Waals surface area (Å²) in [4.78, 5) is 35.7. The second-order valence-corrected chi connectivity index (χ2v) is 8.56. The highest BCUT2D eigenvalue weighted by Gasteiger charge is 2.43. The number of nitrogens with zero attached hydrogens (tertiary/aromatic N) is 3. The predicted octanol–water partition coefficient (Wildman–Crippen LogP) is 3.01. The highest BCUT2D eigenvalue weighted by Crippen LogP contribution is 2.37. The summed E-state index contributed by atoms with van der Waals surface area (Å²) >= 11 is 0. The van der Waals surface area contributed by atoms with Crippen LogP contribution in [0, 0.1) is 12.8 Å². The minimum Gasteiger partial charge on any atom is -0.348 e. The summed E-state index contributed by atoms with van der Waals surface area (Å²) in [6.07, 6.45) is 14.0. The van der Waals surface area contributed by atoms with Gasteiger partial charge in [0.15, 0.2) is 0 Å². The molecule has 27 heavy (non-hydrogen) atoms. The summed E-state index contributed by atoms with van der Waals surface area (Å²) in [6, 6.07) is 0.695. The van der Waals surface area contributed by atoms with Crippen molar-refractivity contribution in [2.75, 3.05) is 0 Å². The zero-order valence-corrected chi connectivity index (χ0v) is 16.2. The zero-order chi connectivity index (χ0) is 18.8. The summed E-state index contributed by atoms with van der Waals surface area (Å²) < 4.78 is 0. The van der Waals surface area contributed by atoms with Crippen LogP contribution in [0.5, 0.6) is 0 Å². The van der Waals surface area contributed by atoms with E-state index in [1.54, 1.807) is 6.20 Å². The standard InChI is InChI=1S/C21H30N4O2/c1-14-12-23-19(13-22-14)21(27)24-16-10-17-7-8-18(11-16)25(17)20(26)9-6-15-4-2-3-5-15/h12-13,15-18H,2-11H2,1H3,(H,24,27). The van der Waals surface area contributed by atoms with Gasteiger partial charge in [0.2, 0.25) is 5.91 Å². The Morgan fingerprint density at radius 3 is 2.41 bits per heavy atom. The third-order valence-electron chi connectivity index (χ3n) is 6.61. The van der Waals surface area contributed by atoms with Crippen LogP contribution in [-0.2, 0) is 4.79 Å². The molecule has 2 saturated heterocycles. The Kier molecular flexibility index (Phi) is 5.41. The van der Waals surface area contributed by atoms with Crippen molar-refractivity contribution < 1.29 is 9.59 Å². The fourth-order valence-corrected chi connectivity index (χ4v) is 5.23. The molecule has 0 spiro atoms. The second kappa shape index (κ2) is 7.95. The van der Waals surface area contributed by atoms with E-state index >= 15 is 0 Å². The quantitative estimate of drug-likeness (QED) is 0.864. The Labute approximate surface area is 161 Å². The molecule has 6 nitrogen and oxygen atoms in total. The highest BCUT2D eigenvalue weighted by atomic mass is 16.2. The summed E-state index contributed by atoms with van der Waals surface area (Å²) in [6.45, 7) is 1.85. The van der Waals surface area contributed by atoms with Crippen molar-refractivity contribution in [2.24, 2.45) is 5.92 Å². The maximum atomic E-state index is 12.8. The number of nitrogens with one attached hydrogen (secondary N) is 1. The van der Waals surface area contributed by atoms with E-state index in [0.29, 0.717) is 18.0 Å². The SMILES string of the molecule is Cc1cnc(C(=O)NC2CC3CCC(C2)N3C(=O)CCC2CCCC2)cn1. The lowest BCUT2D eigenvalue weighted by atomic mass is 9.95.